The maximum Gasteiger partial charge on any atom is 0.266 e. The van der Waals surface area contributed by atoms with Gasteiger partial charge in [0.1, 0.15) is 0 Å². The van der Waals surface area contributed by atoms with Crippen LogP contribution in [0.25, 0.3) is 11.3 Å². The lowest BCUT2D eigenvalue weighted by molar-refractivity contribution is -0.116. The lowest BCUT2D eigenvalue weighted by Crippen LogP contribution is -2.23. The number of nitrogens with one attached hydrogen (secondary N) is 2. The number of hydrogen-bond donors (Lipinski definition) is 2. The number of sulfonamides is 1. The average Bonchev–Trinajstić information content (AvgIpc) is 3.33. The summed E-state index contributed by atoms with van der Waals surface area (Å²) in [4.78, 5) is 32.4. The first kappa shape index (κ1) is 23.3. The third-order valence-electron chi connectivity index (χ3n) is 4.70. The van der Waals surface area contributed by atoms with Crippen molar-refractivity contribution in [3.8, 4) is 11.3 Å². The van der Waals surface area contributed by atoms with E-state index in [1.54, 1.807) is 29.9 Å². The predicted molar refractivity (Wildman–Crippen MR) is 129 cm³/mol. The lowest BCUT2D eigenvalue weighted by Gasteiger charge is -2.09. The molecule has 174 valence electrons. The highest BCUT2D eigenvalue weighted by Crippen LogP contribution is 2.20. The van der Waals surface area contributed by atoms with E-state index >= 15 is 0 Å². The first-order valence-electron chi connectivity index (χ1n) is 10.2. The molecule has 4 rings (SSSR count). The van der Waals surface area contributed by atoms with Crippen LogP contribution in [0.5, 0.6) is 0 Å². The summed E-state index contributed by atoms with van der Waals surface area (Å²) in [5.41, 5.74) is 1.63. The largest absolute Gasteiger partial charge is 0.326 e. The fourth-order valence-corrected chi connectivity index (χ4v) is 4.84. The molecule has 0 saturated heterocycles. The normalized spacial score (nSPS) is 11.2. The number of aromatic nitrogens is 4. The summed E-state index contributed by atoms with van der Waals surface area (Å²) in [6.45, 7) is 0.278. The number of pyridine rings is 1. The highest BCUT2D eigenvalue weighted by Gasteiger charge is 2.15. The minimum atomic E-state index is -3.76. The molecule has 0 fully saturated rings. The van der Waals surface area contributed by atoms with Crippen LogP contribution in [0, 0.1) is 0 Å². The molecule has 0 atom stereocenters. The van der Waals surface area contributed by atoms with Gasteiger partial charge in [-0.3, -0.25) is 19.3 Å². The van der Waals surface area contributed by atoms with Crippen molar-refractivity contribution in [1.82, 2.24) is 19.7 Å². The number of amides is 1. The molecule has 4 aromatic rings. The maximum atomic E-state index is 12.4. The predicted octanol–water partition coefficient (Wildman–Crippen LogP) is 2.98. The molecular weight excluding hydrogens is 476 g/mol. The van der Waals surface area contributed by atoms with E-state index < -0.39 is 10.0 Å². The Morgan fingerprint density at radius 2 is 1.88 bits per heavy atom. The van der Waals surface area contributed by atoms with Crippen LogP contribution in [-0.4, -0.2) is 34.1 Å². The van der Waals surface area contributed by atoms with E-state index in [4.69, 9.17) is 0 Å². The van der Waals surface area contributed by atoms with E-state index in [1.807, 2.05) is 6.07 Å². The number of rotatable bonds is 9. The fourth-order valence-electron chi connectivity index (χ4n) is 3.06. The summed E-state index contributed by atoms with van der Waals surface area (Å²) in [7, 11) is -3.76. The third kappa shape index (κ3) is 5.91. The molecule has 3 aromatic heterocycles. The van der Waals surface area contributed by atoms with Crippen molar-refractivity contribution < 1.29 is 13.2 Å². The van der Waals surface area contributed by atoms with Crippen molar-refractivity contribution in [2.24, 2.45) is 0 Å². The molecule has 10 nitrogen and oxygen atoms in total. The maximum absolute atomic E-state index is 12.4. The first-order valence-corrected chi connectivity index (χ1v) is 12.6. The van der Waals surface area contributed by atoms with Gasteiger partial charge >= 0.3 is 0 Å². The lowest BCUT2D eigenvalue weighted by atomic mass is 10.2. The summed E-state index contributed by atoms with van der Waals surface area (Å²) in [5.74, 6) is -0.256. The minimum absolute atomic E-state index is 0.0552. The second-order valence-electron chi connectivity index (χ2n) is 7.14. The molecule has 0 aliphatic carbocycles. The second-order valence-corrected chi connectivity index (χ2v) is 9.72. The van der Waals surface area contributed by atoms with Crippen LogP contribution < -0.4 is 15.6 Å². The summed E-state index contributed by atoms with van der Waals surface area (Å²) in [5, 5.41) is 9.01. The Bertz CT molecular complexity index is 1420. The molecule has 0 bridgehead atoms. The Morgan fingerprint density at radius 1 is 1.06 bits per heavy atom. The zero-order valence-corrected chi connectivity index (χ0v) is 19.4. The van der Waals surface area contributed by atoms with Crippen molar-refractivity contribution >= 4 is 38.1 Å². The number of aryl methyl sites for hydroxylation is 1. The number of anilines is 2. The van der Waals surface area contributed by atoms with Gasteiger partial charge in [-0.15, -0.1) is 11.3 Å². The van der Waals surface area contributed by atoms with Crippen molar-refractivity contribution in [2.75, 3.05) is 10.0 Å². The molecule has 3 heterocycles. The van der Waals surface area contributed by atoms with Gasteiger partial charge in [0, 0.05) is 54.3 Å². The SMILES string of the molecule is O=C(CCCn1nc(-c2cccnc2)ccc1=O)Nc1ccc(S(=O)(=O)Nc2nccs2)cc1. The van der Waals surface area contributed by atoms with Gasteiger partial charge in [0.2, 0.25) is 5.91 Å². The smallest absolute Gasteiger partial charge is 0.266 e. The Morgan fingerprint density at radius 3 is 2.59 bits per heavy atom. The van der Waals surface area contributed by atoms with Crippen molar-refractivity contribution in [3.05, 3.63) is 82.9 Å². The van der Waals surface area contributed by atoms with Crippen LogP contribution in [0.4, 0.5) is 10.8 Å². The van der Waals surface area contributed by atoms with Crippen molar-refractivity contribution in [3.63, 3.8) is 0 Å². The van der Waals surface area contributed by atoms with E-state index in [0.717, 1.165) is 5.56 Å². The fraction of sp³-hybridized carbons (Fsp3) is 0.136. The molecule has 0 radical (unpaired) electrons. The van der Waals surface area contributed by atoms with Crippen molar-refractivity contribution in [2.45, 2.75) is 24.3 Å². The minimum Gasteiger partial charge on any atom is -0.326 e. The third-order valence-corrected chi connectivity index (χ3v) is 6.87. The summed E-state index contributed by atoms with van der Waals surface area (Å²) >= 11 is 1.18. The average molecular weight is 497 g/mol. The van der Waals surface area contributed by atoms with Gasteiger partial charge in [-0.25, -0.2) is 18.1 Å². The van der Waals surface area contributed by atoms with Crippen molar-refractivity contribution in [1.29, 1.82) is 0 Å². The zero-order valence-electron chi connectivity index (χ0n) is 17.8. The highest BCUT2D eigenvalue weighted by atomic mass is 32.2. The number of benzene rings is 1. The van der Waals surface area contributed by atoms with E-state index in [2.05, 4.69) is 25.1 Å². The number of hydrogen-bond acceptors (Lipinski definition) is 8. The second kappa shape index (κ2) is 10.4. The molecule has 0 spiro atoms. The van der Waals surface area contributed by atoms with E-state index in [9.17, 15) is 18.0 Å². The topological polar surface area (TPSA) is 136 Å². The molecule has 1 aromatic carbocycles. The Labute approximate surface area is 199 Å². The van der Waals surface area contributed by atoms with Crippen LogP contribution in [0.3, 0.4) is 0 Å². The monoisotopic (exact) mass is 496 g/mol. The molecule has 0 unspecified atom stereocenters. The van der Waals surface area contributed by atoms with Gasteiger partial charge in [0.05, 0.1) is 10.6 Å². The van der Waals surface area contributed by atoms with Crippen LogP contribution in [0.1, 0.15) is 12.8 Å². The van der Waals surface area contributed by atoms with Crippen LogP contribution >= 0.6 is 11.3 Å². The van der Waals surface area contributed by atoms with Crippen LogP contribution in [0.2, 0.25) is 0 Å². The molecule has 34 heavy (non-hydrogen) atoms. The first-order chi connectivity index (χ1) is 16.4. The number of carbonyl (C=O) groups is 1. The van der Waals surface area contributed by atoms with Crippen LogP contribution in [0.15, 0.2) is 82.2 Å². The summed E-state index contributed by atoms with van der Waals surface area (Å²) < 4.78 is 28.5. The number of carbonyl (C=O) groups excluding carboxylic acids is 1. The Balaban J connectivity index is 1.31. The number of thiazole rings is 1. The van der Waals surface area contributed by atoms with Gasteiger partial charge in [-0.2, -0.15) is 5.10 Å². The standard InChI is InChI=1S/C22H20N6O4S2/c29-20(4-2-13-28-21(30)10-9-19(26-28)16-3-1-11-23-15-16)25-17-5-7-18(8-6-17)34(31,32)27-22-24-12-14-33-22/h1,3,5-12,14-15H,2,4,13H2,(H,24,27)(H,25,29). The van der Waals surface area contributed by atoms with E-state index in [0.29, 0.717) is 17.8 Å². The molecule has 0 aliphatic rings. The van der Waals surface area contributed by atoms with Gasteiger partial charge in [-0.1, -0.05) is 0 Å². The van der Waals surface area contributed by atoms with Crippen LogP contribution in [-0.2, 0) is 21.4 Å². The Hall–Kier alpha value is -3.90. The summed E-state index contributed by atoms with van der Waals surface area (Å²) in [6, 6.07) is 12.5. The number of nitrogens with zero attached hydrogens (tertiary/aromatic N) is 4. The zero-order chi connectivity index (χ0) is 24.0. The molecular formula is C22H20N6O4S2. The van der Waals surface area contributed by atoms with Gasteiger partial charge in [-0.05, 0) is 48.9 Å². The molecule has 0 aliphatic heterocycles. The Kier molecular flexibility index (Phi) is 7.09. The molecule has 0 saturated carbocycles. The summed E-state index contributed by atoms with van der Waals surface area (Å²) in [6.07, 6.45) is 5.39. The van der Waals surface area contributed by atoms with Gasteiger partial charge < -0.3 is 5.32 Å². The van der Waals surface area contributed by atoms with E-state index in [-0.39, 0.29) is 34.5 Å². The highest BCUT2D eigenvalue weighted by molar-refractivity contribution is 7.93. The van der Waals surface area contributed by atoms with Gasteiger partial charge in [0.25, 0.3) is 15.6 Å². The molecule has 2 N–H and O–H groups in total. The molecule has 1 amide bonds. The van der Waals surface area contributed by atoms with Gasteiger partial charge in [0.15, 0.2) is 5.13 Å². The quantitative estimate of drug-likeness (QED) is 0.363. The van der Waals surface area contributed by atoms with E-state index in [1.165, 1.54) is 52.5 Å². The molecule has 12 heteroatoms.